The molecule has 2 N–H and O–H groups in total. The van der Waals surface area contributed by atoms with E-state index in [0.717, 1.165) is 21.4 Å². The average molecular weight is 414 g/mol. The van der Waals surface area contributed by atoms with Crippen LogP contribution in [-0.4, -0.2) is 49.4 Å². The predicted octanol–water partition coefficient (Wildman–Crippen LogP) is 4.18. The molecule has 0 radical (unpaired) electrons. The SMILES string of the molecule is O=C(c1nsc2cc(Nc3n[nH]c4cccnc34)ccc12)N1CCC(F)(F)CC1. The van der Waals surface area contributed by atoms with Gasteiger partial charge < -0.3 is 10.2 Å². The molecule has 10 heteroatoms. The fraction of sp³-hybridized carbons (Fsp3) is 0.263. The minimum Gasteiger partial charge on any atom is -0.337 e. The molecule has 4 aromatic rings. The molecule has 148 valence electrons. The second kappa shape index (κ2) is 6.73. The first-order valence-corrected chi connectivity index (χ1v) is 9.90. The number of likely N-dealkylation sites (tertiary alicyclic amines) is 1. The van der Waals surface area contributed by atoms with E-state index >= 15 is 0 Å². The quantitative estimate of drug-likeness (QED) is 0.525. The Bertz CT molecular complexity index is 1210. The number of hydrogen-bond donors (Lipinski definition) is 2. The number of fused-ring (bicyclic) bond motifs is 2. The number of hydrogen-bond acceptors (Lipinski definition) is 6. The molecule has 0 unspecified atom stereocenters. The Morgan fingerprint density at radius 3 is 2.90 bits per heavy atom. The largest absolute Gasteiger partial charge is 0.337 e. The summed E-state index contributed by atoms with van der Waals surface area (Å²) in [6.07, 6.45) is 1.09. The average Bonchev–Trinajstić information content (AvgIpc) is 3.32. The minimum absolute atomic E-state index is 0.0454. The molecule has 1 fully saturated rings. The van der Waals surface area contributed by atoms with Crippen molar-refractivity contribution in [3.8, 4) is 0 Å². The topological polar surface area (TPSA) is 86.8 Å². The highest BCUT2D eigenvalue weighted by molar-refractivity contribution is 7.13. The summed E-state index contributed by atoms with van der Waals surface area (Å²) in [7, 11) is 0. The van der Waals surface area contributed by atoms with Gasteiger partial charge in [0, 0.05) is 43.2 Å². The second-order valence-electron chi connectivity index (χ2n) is 6.99. The number of pyridine rings is 1. The zero-order valence-electron chi connectivity index (χ0n) is 15.2. The van der Waals surface area contributed by atoms with E-state index in [0.29, 0.717) is 16.9 Å². The number of nitrogens with one attached hydrogen (secondary N) is 2. The van der Waals surface area contributed by atoms with Gasteiger partial charge in [-0.15, -0.1) is 0 Å². The monoisotopic (exact) mass is 414 g/mol. The number of anilines is 2. The maximum absolute atomic E-state index is 13.4. The Morgan fingerprint density at radius 2 is 2.07 bits per heavy atom. The number of halogens is 2. The van der Waals surface area contributed by atoms with Crippen molar-refractivity contribution >= 4 is 50.1 Å². The van der Waals surface area contributed by atoms with Crippen molar-refractivity contribution in [1.82, 2.24) is 24.5 Å². The molecule has 4 heterocycles. The lowest BCUT2D eigenvalue weighted by Gasteiger charge is -2.31. The maximum atomic E-state index is 13.4. The molecular weight excluding hydrogens is 398 g/mol. The number of alkyl halides is 2. The molecule has 0 aliphatic carbocycles. The number of amides is 1. The number of rotatable bonds is 3. The van der Waals surface area contributed by atoms with Crippen molar-refractivity contribution in [3.05, 3.63) is 42.2 Å². The van der Waals surface area contributed by atoms with E-state index in [4.69, 9.17) is 0 Å². The molecule has 1 saturated heterocycles. The minimum atomic E-state index is -2.69. The summed E-state index contributed by atoms with van der Waals surface area (Å²) >= 11 is 1.21. The lowest BCUT2D eigenvalue weighted by atomic mass is 10.1. The summed E-state index contributed by atoms with van der Waals surface area (Å²) < 4.78 is 31.9. The molecule has 1 amide bonds. The van der Waals surface area contributed by atoms with Gasteiger partial charge in [0.2, 0.25) is 0 Å². The second-order valence-corrected chi connectivity index (χ2v) is 7.79. The van der Waals surface area contributed by atoms with Crippen LogP contribution in [0.1, 0.15) is 23.3 Å². The highest BCUT2D eigenvalue weighted by Gasteiger charge is 2.36. The Kier molecular flexibility index (Phi) is 4.16. The number of carbonyl (C=O) groups excluding carboxylic acids is 1. The van der Waals surface area contributed by atoms with Crippen LogP contribution in [0.2, 0.25) is 0 Å². The Hall–Kier alpha value is -3.14. The van der Waals surface area contributed by atoms with Gasteiger partial charge in [-0.2, -0.15) is 9.47 Å². The lowest BCUT2D eigenvalue weighted by Crippen LogP contribution is -2.42. The van der Waals surface area contributed by atoms with Crippen molar-refractivity contribution in [2.24, 2.45) is 0 Å². The summed E-state index contributed by atoms with van der Waals surface area (Å²) in [4.78, 5) is 18.5. The zero-order chi connectivity index (χ0) is 20.0. The molecule has 0 spiro atoms. The third kappa shape index (κ3) is 3.29. The third-order valence-corrected chi connectivity index (χ3v) is 5.85. The maximum Gasteiger partial charge on any atom is 0.274 e. The Morgan fingerprint density at radius 1 is 1.24 bits per heavy atom. The summed E-state index contributed by atoms with van der Waals surface area (Å²) in [6, 6.07) is 9.26. The van der Waals surface area contributed by atoms with E-state index in [-0.39, 0.29) is 31.8 Å². The molecule has 1 aliphatic heterocycles. The fourth-order valence-corrected chi connectivity index (χ4v) is 4.24. The number of benzene rings is 1. The van der Waals surface area contributed by atoms with Gasteiger partial charge in [0.1, 0.15) is 11.2 Å². The first-order valence-electron chi connectivity index (χ1n) is 9.13. The number of piperidine rings is 1. The van der Waals surface area contributed by atoms with Crippen LogP contribution in [0.15, 0.2) is 36.5 Å². The van der Waals surface area contributed by atoms with Crippen LogP contribution in [0.5, 0.6) is 0 Å². The molecule has 3 aromatic heterocycles. The van der Waals surface area contributed by atoms with E-state index < -0.39 is 5.92 Å². The van der Waals surface area contributed by atoms with E-state index in [1.807, 2.05) is 30.3 Å². The van der Waals surface area contributed by atoms with Crippen molar-refractivity contribution in [2.75, 3.05) is 18.4 Å². The van der Waals surface area contributed by atoms with Crippen LogP contribution in [0.25, 0.3) is 21.1 Å². The van der Waals surface area contributed by atoms with Crippen LogP contribution >= 0.6 is 11.5 Å². The van der Waals surface area contributed by atoms with Gasteiger partial charge in [0.15, 0.2) is 5.82 Å². The molecule has 29 heavy (non-hydrogen) atoms. The molecule has 7 nitrogen and oxygen atoms in total. The molecule has 1 aliphatic rings. The summed E-state index contributed by atoms with van der Waals surface area (Å²) in [5, 5.41) is 11.1. The van der Waals surface area contributed by atoms with Crippen molar-refractivity contribution in [3.63, 3.8) is 0 Å². The van der Waals surface area contributed by atoms with Crippen LogP contribution in [0, 0.1) is 0 Å². The van der Waals surface area contributed by atoms with Crippen molar-refractivity contribution < 1.29 is 13.6 Å². The van der Waals surface area contributed by atoms with Crippen LogP contribution in [-0.2, 0) is 0 Å². The van der Waals surface area contributed by atoms with Gasteiger partial charge in [-0.3, -0.25) is 14.9 Å². The normalized spacial score (nSPS) is 16.4. The molecule has 0 bridgehead atoms. The number of aromatic nitrogens is 4. The fourth-order valence-electron chi connectivity index (χ4n) is 3.43. The van der Waals surface area contributed by atoms with Crippen molar-refractivity contribution in [2.45, 2.75) is 18.8 Å². The summed E-state index contributed by atoms with van der Waals surface area (Å²) in [5.41, 5.74) is 2.66. The molecule has 0 atom stereocenters. The lowest BCUT2D eigenvalue weighted by molar-refractivity contribution is -0.0494. The van der Waals surface area contributed by atoms with E-state index in [1.54, 1.807) is 6.20 Å². The number of nitrogens with zero attached hydrogens (tertiary/aromatic N) is 4. The molecule has 5 rings (SSSR count). The first kappa shape index (κ1) is 17.9. The number of H-pyrrole nitrogens is 1. The summed E-state index contributed by atoms with van der Waals surface area (Å²) in [5.74, 6) is -2.38. The van der Waals surface area contributed by atoms with Gasteiger partial charge in [0.05, 0.1) is 10.2 Å². The third-order valence-electron chi connectivity index (χ3n) is 5.04. The highest BCUT2D eigenvalue weighted by Crippen LogP contribution is 2.32. The van der Waals surface area contributed by atoms with E-state index in [2.05, 4.69) is 24.9 Å². The van der Waals surface area contributed by atoms with Crippen LogP contribution in [0.4, 0.5) is 20.3 Å². The van der Waals surface area contributed by atoms with Gasteiger partial charge in [-0.05, 0) is 41.9 Å². The van der Waals surface area contributed by atoms with Crippen LogP contribution < -0.4 is 5.32 Å². The standard InChI is InChI=1S/C19H16F2N6OS/c20-19(21)5-8-27(9-6-19)18(28)15-12-4-3-11(10-14(12)29-26-15)23-17-16-13(24-25-17)2-1-7-22-16/h1-4,7,10H,5-6,8-9H2,(H2,23,24,25). The first-order chi connectivity index (χ1) is 14.0. The molecular formula is C19H16F2N6OS. The van der Waals surface area contributed by atoms with Gasteiger partial charge in [0.25, 0.3) is 11.8 Å². The van der Waals surface area contributed by atoms with Gasteiger partial charge in [-0.1, -0.05) is 0 Å². The van der Waals surface area contributed by atoms with E-state index in [9.17, 15) is 13.6 Å². The highest BCUT2D eigenvalue weighted by atomic mass is 32.1. The predicted molar refractivity (Wildman–Crippen MR) is 107 cm³/mol. The van der Waals surface area contributed by atoms with Gasteiger partial charge in [-0.25, -0.2) is 8.78 Å². The smallest absolute Gasteiger partial charge is 0.274 e. The van der Waals surface area contributed by atoms with Crippen LogP contribution in [0.3, 0.4) is 0 Å². The Balaban J connectivity index is 1.39. The number of carbonyl (C=O) groups is 1. The molecule has 1 aromatic carbocycles. The van der Waals surface area contributed by atoms with E-state index in [1.165, 1.54) is 16.4 Å². The number of aromatic amines is 1. The Labute approximate surface area is 167 Å². The zero-order valence-corrected chi connectivity index (χ0v) is 16.0. The van der Waals surface area contributed by atoms with Gasteiger partial charge >= 0.3 is 0 Å². The summed E-state index contributed by atoms with van der Waals surface area (Å²) in [6.45, 7) is 0.0907. The molecule has 0 saturated carbocycles. The van der Waals surface area contributed by atoms with Crippen molar-refractivity contribution in [1.29, 1.82) is 0 Å².